The van der Waals surface area contributed by atoms with Crippen LogP contribution in [0.4, 0.5) is 0 Å². The summed E-state index contributed by atoms with van der Waals surface area (Å²) < 4.78 is 5.49. The molecule has 1 rings (SSSR count). The van der Waals surface area contributed by atoms with E-state index in [1.807, 2.05) is 26.0 Å². The normalized spacial score (nSPS) is 9.31. The van der Waals surface area contributed by atoms with Gasteiger partial charge in [-0.1, -0.05) is 19.1 Å². The Morgan fingerprint density at radius 1 is 1.46 bits per heavy atom. The lowest BCUT2D eigenvalue weighted by atomic mass is 10.1. The number of para-hydroxylation sites is 1. The smallest absolute Gasteiger partial charge is 0.139 e. The van der Waals surface area contributed by atoms with Gasteiger partial charge in [0.05, 0.1) is 12.2 Å². The lowest BCUT2D eigenvalue weighted by Crippen LogP contribution is -1.99. The molecule has 0 spiro atoms. The standard InChI is InChI=1S/C11H13NO/c1-3-7-13-11-9(2)5-4-6-10(11)8-12/h4-6H,3,7H2,1-2H3. The van der Waals surface area contributed by atoms with Gasteiger partial charge in [0.1, 0.15) is 11.8 Å². The van der Waals surface area contributed by atoms with Gasteiger partial charge in [-0.05, 0) is 25.0 Å². The van der Waals surface area contributed by atoms with E-state index in [0.717, 1.165) is 17.7 Å². The van der Waals surface area contributed by atoms with Crippen molar-refractivity contribution in [3.8, 4) is 11.8 Å². The summed E-state index contributed by atoms with van der Waals surface area (Å²) in [6.07, 6.45) is 0.958. The highest BCUT2D eigenvalue weighted by molar-refractivity contribution is 5.47. The maximum atomic E-state index is 8.81. The van der Waals surface area contributed by atoms with Crippen LogP contribution in [0.25, 0.3) is 0 Å². The van der Waals surface area contributed by atoms with Crippen molar-refractivity contribution in [3.05, 3.63) is 29.3 Å². The highest BCUT2D eigenvalue weighted by Crippen LogP contribution is 2.22. The number of hydrogen-bond donors (Lipinski definition) is 0. The van der Waals surface area contributed by atoms with Crippen molar-refractivity contribution in [2.24, 2.45) is 0 Å². The maximum absolute atomic E-state index is 8.81. The number of ether oxygens (including phenoxy) is 1. The van der Waals surface area contributed by atoms with Gasteiger partial charge >= 0.3 is 0 Å². The molecule has 13 heavy (non-hydrogen) atoms. The Morgan fingerprint density at radius 2 is 2.23 bits per heavy atom. The molecule has 0 bridgehead atoms. The average molecular weight is 175 g/mol. The fourth-order valence-corrected chi connectivity index (χ4v) is 1.14. The molecule has 0 aliphatic heterocycles. The predicted molar refractivity (Wildman–Crippen MR) is 51.7 cm³/mol. The van der Waals surface area contributed by atoms with E-state index < -0.39 is 0 Å². The molecule has 0 atom stereocenters. The molecule has 2 heteroatoms. The van der Waals surface area contributed by atoms with Crippen LogP contribution < -0.4 is 4.74 Å². The van der Waals surface area contributed by atoms with Gasteiger partial charge in [0.25, 0.3) is 0 Å². The van der Waals surface area contributed by atoms with Gasteiger partial charge in [-0.2, -0.15) is 5.26 Å². The van der Waals surface area contributed by atoms with Gasteiger partial charge in [0.15, 0.2) is 0 Å². The molecule has 0 aliphatic carbocycles. The fraction of sp³-hybridized carbons (Fsp3) is 0.364. The molecule has 0 N–H and O–H groups in total. The van der Waals surface area contributed by atoms with Crippen LogP contribution in [0.5, 0.6) is 5.75 Å². The second kappa shape index (κ2) is 4.51. The molecule has 0 heterocycles. The van der Waals surface area contributed by atoms with E-state index in [4.69, 9.17) is 10.00 Å². The second-order valence-corrected chi connectivity index (χ2v) is 2.91. The van der Waals surface area contributed by atoms with Crippen LogP contribution in [-0.4, -0.2) is 6.61 Å². The van der Waals surface area contributed by atoms with Crippen LogP contribution in [0.1, 0.15) is 24.5 Å². The minimum atomic E-state index is 0.619. The largest absolute Gasteiger partial charge is 0.492 e. The van der Waals surface area contributed by atoms with Gasteiger partial charge in [-0.15, -0.1) is 0 Å². The van der Waals surface area contributed by atoms with E-state index in [1.54, 1.807) is 6.07 Å². The minimum Gasteiger partial charge on any atom is -0.492 e. The second-order valence-electron chi connectivity index (χ2n) is 2.91. The Balaban J connectivity index is 2.95. The molecule has 0 radical (unpaired) electrons. The molecule has 0 saturated carbocycles. The van der Waals surface area contributed by atoms with E-state index in [0.29, 0.717) is 12.2 Å². The molecule has 68 valence electrons. The van der Waals surface area contributed by atoms with Crippen molar-refractivity contribution in [2.45, 2.75) is 20.3 Å². The first kappa shape index (κ1) is 9.60. The molecule has 0 amide bonds. The summed E-state index contributed by atoms with van der Waals surface area (Å²) in [6, 6.07) is 7.71. The molecule has 0 fully saturated rings. The molecule has 0 unspecified atom stereocenters. The third kappa shape index (κ3) is 2.22. The Morgan fingerprint density at radius 3 is 2.85 bits per heavy atom. The van der Waals surface area contributed by atoms with E-state index in [9.17, 15) is 0 Å². The molecule has 2 nitrogen and oxygen atoms in total. The van der Waals surface area contributed by atoms with E-state index in [1.165, 1.54) is 0 Å². The number of nitrogens with zero attached hydrogens (tertiary/aromatic N) is 1. The summed E-state index contributed by atoms with van der Waals surface area (Å²) >= 11 is 0. The summed E-state index contributed by atoms with van der Waals surface area (Å²) in [6.45, 7) is 4.66. The summed E-state index contributed by atoms with van der Waals surface area (Å²) in [5, 5.41) is 8.81. The highest BCUT2D eigenvalue weighted by Gasteiger charge is 2.04. The summed E-state index contributed by atoms with van der Waals surface area (Å²) in [5.74, 6) is 0.729. The Kier molecular flexibility index (Phi) is 3.33. The van der Waals surface area contributed by atoms with E-state index in [-0.39, 0.29) is 0 Å². The molecular weight excluding hydrogens is 162 g/mol. The predicted octanol–water partition coefficient (Wildman–Crippen LogP) is 2.66. The van der Waals surface area contributed by atoms with Gasteiger partial charge in [0.2, 0.25) is 0 Å². The van der Waals surface area contributed by atoms with Crippen LogP contribution in [0.2, 0.25) is 0 Å². The molecule has 0 aromatic heterocycles. The highest BCUT2D eigenvalue weighted by atomic mass is 16.5. The van der Waals surface area contributed by atoms with Crippen molar-refractivity contribution in [1.29, 1.82) is 5.26 Å². The number of rotatable bonds is 3. The summed E-state index contributed by atoms with van der Waals surface area (Å²) in [4.78, 5) is 0. The Labute approximate surface area is 78.8 Å². The third-order valence-corrected chi connectivity index (χ3v) is 1.78. The van der Waals surface area contributed by atoms with Crippen molar-refractivity contribution in [1.82, 2.24) is 0 Å². The summed E-state index contributed by atoms with van der Waals surface area (Å²) in [7, 11) is 0. The maximum Gasteiger partial charge on any atom is 0.139 e. The van der Waals surface area contributed by atoms with Gasteiger partial charge in [-0.3, -0.25) is 0 Å². The van der Waals surface area contributed by atoms with Crippen molar-refractivity contribution in [2.75, 3.05) is 6.61 Å². The monoisotopic (exact) mass is 175 g/mol. The van der Waals surface area contributed by atoms with Crippen LogP contribution >= 0.6 is 0 Å². The van der Waals surface area contributed by atoms with Crippen LogP contribution in [0, 0.1) is 18.3 Å². The first-order chi connectivity index (χ1) is 6.29. The summed E-state index contributed by atoms with van der Waals surface area (Å²) in [5.41, 5.74) is 1.64. The van der Waals surface area contributed by atoms with E-state index in [2.05, 4.69) is 6.07 Å². The number of nitriles is 1. The van der Waals surface area contributed by atoms with Crippen LogP contribution in [0.15, 0.2) is 18.2 Å². The zero-order chi connectivity index (χ0) is 9.68. The first-order valence-electron chi connectivity index (χ1n) is 4.42. The topological polar surface area (TPSA) is 33.0 Å². The zero-order valence-corrected chi connectivity index (χ0v) is 8.00. The first-order valence-corrected chi connectivity index (χ1v) is 4.42. The molecular formula is C11H13NO. The third-order valence-electron chi connectivity index (χ3n) is 1.78. The Hall–Kier alpha value is -1.49. The quantitative estimate of drug-likeness (QED) is 0.707. The van der Waals surface area contributed by atoms with Crippen LogP contribution in [-0.2, 0) is 0 Å². The average Bonchev–Trinajstić information content (AvgIpc) is 2.15. The fourth-order valence-electron chi connectivity index (χ4n) is 1.14. The number of benzene rings is 1. The SMILES string of the molecule is CCCOc1c(C)cccc1C#N. The van der Waals surface area contributed by atoms with Gasteiger partial charge in [0, 0.05) is 0 Å². The van der Waals surface area contributed by atoms with Crippen molar-refractivity contribution < 1.29 is 4.74 Å². The molecule has 0 saturated heterocycles. The molecule has 0 aliphatic rings. The van der Waals surface area contributed by atoms with Gasteiger partial charge in [-0.25, -0.2) is 0 Å². The molecule has 1 aromatic rings. The minimum absolute atomic E-state index is 0.619. The molecule has 1 aromatic carbocycles. The van der Waals surface area contributed by atoms with E-state index >= 15 is 0 Å². The lowest BCUT2D eigenvalue weighted by Gasteiger charge is -2.08. The lowest BCUT2D eigenvalue weighted by molar-refractivity contribution is 0.314. The van der Waals surface area contributed by atoms with Crippen molar-refractivity contribution >= 4 is 0 Å². The van der Waals surface area contributed by atoms with Gasteiger partial charge < -0.3 is 4.74 Å². The number of hydrogen-bond acceptors (Lipinski definition) is 2. The van der Waals surface area contributed by atoms with Crippen LogP contribution in [0.3, 0.4) is 0 Å². The van der Waals surface area contributed by atoms with Crippen molar-refractivity contribution in [3.63, 3.8) is 0 Å². The number of aryl methyl sites for hydroxylation is 1. The Bertz CT molecular complexity index is 325. The zero-order valence-electron chi connectivity index (χ0n) is 8.00.